The summed E-state index contributed by atoms with van der Waals surface area (Å²) in [6.45, 7) is 3.89. The highest BCUT2D eigenvalue weighted by atomic mass is 79.9. The highest BCUT2D eigenvalue weighted by molar-refractivity contribution is 9.10. The van der Waals surface area contributed by atoms with Crippen molar-refractivity contribution in [2.24, 2.45) is 0 Å². The number of aryl methyl sites for hydroxylation is 1. The molecule has 0 aliphatic heterocycles. The highest BCUT2D eigenvalue weighted by Gasteiger charge is 2.16. The molecular formula is C16H13BrF2N2. The van der Waals surface area contributed by atoms with Crippen molar-refractivity contribution in [1.82, 2.24) is 9.55 Å². The zero-order valence-corrected chi connectivity index (χ0v) is 13.2. The Kier molecular flexibility index (Phi) is 3.53. The Hall–Kier alpha value is -1.75. The maximum Gasteiger partial charge on any atom is 0.139 e. The number of hydrogen-bond acceptors (Lipinski definition) is 1. The van der Waals surface area contributed by atoms with Crippen LogP contribution >= 0.6 is 15.9 Å². The van der Waals surface area contributed by atoms with Gasteiger partial charge < -0.3 is 4.57 Å². The fourth-order valence-electron chi connectivity index (χ4n) is 2.59. The lowest BCUT2D eigenvalue weighted by Gasteiger charge is -2.17. The quantitative estimate of drug-likeness (QED) is 0.636. The van der Waals surface area contributed by atoms with Crippen LogP contribution in [0.25, 0.3) is 11.0 Å². The normalized spacial score (nSPS) is 12.8. The van der Waals surface area contributed by atoms with E-state index in [1.54, 1.807) is 18.2 Å². The molecule has 0 fully saturated rings. The van der Waals surface area contributed by atoms with Crippen LogP contribution in [0.5, 0.6) is 0 Å². The van der Waals surface area contributed by atoms with Crippen LogP contribution in [0.15, 0.2) is 40.9 Å². The van der Waals surface area contributed by atoms with Crippen LogP contribution < -0.4 is 0 Å². The minimum absolute atomic E-state index is 0.0204. The van der Waals surface area contributed by atoms with E-state index in [2.05, 4.69) is 20.9 Å². The SMILES string of the molecule is Cc1nc2cc(F)c(Br)cc2n1C(C)c1ccc(F)cc1. The molecule has 0 saturated carbocycles. The predicted molar refractivity (Wildman–Crippen MR) is 82.3 cm³/mol. The fourth-order valence-corrected chi connectivity index (χ4v) is 2.92. The van der Waals surface area contributed by atoms with Crippen molar-refractivity contribution in [1.29, 1.82) is 0 Å². The van der Waals surface area contributed by atoms with Crippen LogP contribution in [0.3, 0.4) is 0 Å². The second kappa shape index (κ2) is 5.22. The Labute approximate surface area is 129 Å². The van der Waals surface area contributed by atoms with E-state index in [1.165, 1.54) is 18.2 Å². The molecule has 1 aromatic heterocycles. The van der Waals surface area contributed by atoms with E-state index in [4.69, 9.17) is 0 Å². The summed E-state index contributed by atoms with van der Waals surface area (Å²) < 4.78 is 29.1. The van der Waals surface area contributed by atoms with Crippen LogP contribution in [0.1, 0.15) is 24.4 Å². The predicted octanol–water partition coefficient (Wildman–Crippen LogP) is 4.99. The Bertz CT molecular complexity index is 809. The van der Waals surface area contributed by atoms with Crippen molar-refractivity contribution in [3.05, 3.63) is 63.9 Å². The summed E-state index contributed by atoms with van der Waals surface area (Å²) in [5.41, 5.74) is 2.43. The summed E-state index contributed by atoms with van der Waals surface area (Å²) in [6, 6.07) is 9.51. The average Bonchev–Trinajstić information content (AvgIpc) is 2.75. The molecule has 0 aliphatic carbocycles. The molecule has 3 rings (SSSR count). The second-order valence-electron chi connectivity index (χ2n) is 5.01. The van der Waals surface area contributed by atoms with Crippen molar-refractivity contribution in [2.75, 3.05) is 0 Å². The molecule has 5 heteroatoms. The number of halogens is 3. The number of imidazole rings is 1. The number of rotatable bonds is 2. The van der Waals surface area contributed by atoms with Crippen molar-refractivity contribution < 1.29 is 8.78 Å². The Morgan fingerprint density at radius 1 is 1.14 bits per heavy atom. The van der Waals surface area contributed by atoms with Gasteiger partial charge in [0.15, 0.2) is 0 Å². The first-order valence-electron chi connectivity index (χ1n) is 6.56. The average molecular weight is 351 g/mol. The number of hydrogen-bond donors (Lipinski definition) is 0. The van der Waals surface area contributed by atoms with Crippen LogP contribution in [0.2, 0.25) is 0 Å². The van der Waals surface area contributed by atoms with E-state index in [0.717, 1.165) is 16.9 Å². The van der Waals surface area contributed by atoms with Gasteiger partial charge in [-0.15, -0.1) is 0 Å². The van der Waals surface area contributed by atoms with Gasteiger partial charge in [-0.3, -0.25) is 0 Å². The van der Waals surface area contributed by atoms with E-state index in [-0.39, 0.29) is 17.7 Å². The van der Waals surface area contributed by atoms with Crippen molar-refractivity contribution >= 4 is 27.0 Å². The third kappa shape index (κ3) is 2.46. The summed E-state index contributed by atoms with van der Waals surface area (Å²) in [6.07, 6.45) is 0. The van der Waals surface area contributed by atoms with Gasteiger partial charge in [0.25, 0.3) is 0 Å². The van der Waals surface area contributed by atoms with Gasteiger partial charge in [-0.1, -0.05) is 12.1 Å². The minimum atomic E-state index is -0.332. The maximum atomic E-state index is 13.6. The lowest BCUT2D eigenvalue weighted by atomic mass is 10.1. The number of fused-ring (bicyclic) bond motifs is 1. The lowest BCUT2D eigenvalue weighted by molar-refractivity contribution is 0.613. The van der Waals surface area contributed by atoms with E-state index in [1.807, 2.05) is 18.4 Å². The molecule has 21 heavy (non-hydrogen) atoms. The Morgan fingerprint density at radius 3 is 2.48 bits per heavy atom. The smallest absolute Gasteiger partial charge is 0.139 e. The first kappa shape index (κ1) is 14.2. The summed E-state index contributed by atoms with van der Waals surface area (Å²) in [4.78, 5) is 4.41. The van der Waals surface area contributed by atoms with Crippen LogP contribution in [-0.2, 0) is 0 Å². The molecule has 1 unspecified atom stereocenters. The molecule has 0 N–H and O–H groups in total. The molecule has 0 bridgehead atoms. The molecule has 0 amide bonds. The van der Waals surface area contributed by atoms with Crippen molar-refractivity contribution in [2.45, 2.75) is 19.9 Å². The zero-order valence-electron chi connectivity index (χ0n) is 11.6. The van der Waals surface area contributed by atoms with E-state index >= 15 is 0 Å². The topological polar surface area (TPSA) is 17.8 Å². The van der Waals surface area contributed by atoms with Gasteiger partial charge >= 0.3 is 0 Å². The largest absolute Gasteiger partial charge is 0.321 e. The monoisotopic (exact) mass is 350 g/mol. The molecule has 3 aromatic rings. The molecule has 1 atom stereocenters. The van der Waals surface area contributed by atoms with Crippen molar-refractivity contribution in [3.63, 3.8) is 0 Å². The summed E-state index contributed by atoms with van der Waals surface area (Å²) >= 11 is 3.21. The fraction of sp³-hybridized carbons (Fsp3) is 0.188. The molecule has 0 radical (unpaired) electrons. The van der Waals surface area contributed by atoms with Crippen LogP contribution in [-0.4, -0.2) is 9.55 Å². The number of nitrogens with zero attached hydrogens (tertiary/aromatic N) is 2. The summed E-state index contributed by atoms with van der Waals surface area (Å²) in [5, 5.41) is 0. The lowest BCUT2D eigenvalue weighted by Crippen LogP contribution is -2.08. The Balaban J connectivity index is 2.17. The van der Waals surface area contributed by atoms with Crippen LogP contribution in [0.4, 0.5) is 8.78 Å². The Morgan fingerprint density at radius 2 is 1.81 bits per heavy atom. The van der Waals surface area contributed by atoms with Gasteiger partial charge in [0, 0.05) is 6.07 Å². The van der Waals surface area contributed by atoms with E-state index in [0.29, 0.717) is 9.99 Å². The summed E-state index contributed by atoms with van der Waals surface area (Å²) in [5.74, 6) is 0.198. The van der Waals surface area contributed by atoms with Gasteiger partial charge in [0.05, 0.1) is 21.5 Å². The van der Waals surface area contributed by atoms with Crippen molar-refractivity contribution in [3.8, 4) is 0 Å². The first-order chi connectivity index (χ1) is 9.97. The minimum Gasteiger partial charge on any atom is -0.321 e. The van der Waals surface area contributed by atoms with E-state index < -0.39 is 0 Å². The standard InChI is InChI=1S/C16H13BrF2N2/c1-9(11-3-5-12(18)6-4-11)21-10(2)20-15-8-14(19)13(17)7-16(15)21/h3-9H,1-2H3. The molecule has 0 saturated heterocycles. The third-order valence-corrected chi connectivity index (χ3v) is 4.26. The summed E-state index contributed by atoms with van der Waals surface area (Å²) in [7, 11) is 0. The molecule has 108 valence electrons. The first-order valence-corrected chi connectivity index (χ1v) is 7.35. The molecule has 1 heterocycles. The van der Waals surface area contributed by atoms with Gasteiger partial charge in [-0.2, -0.15) is 0 Å². The third-order valence-electron chi connectivity index (χ3n) is 3.65. The van der Waals surface area contributed by atoms with Gasteiger partial charge in [-0.05, 0) is 53.5 Å². The maximum absolute atomic E-state index is 13.6. The molecule has 0 spiro atoms. The van der Waals surface area contributed by atoms with Gasteiger partial charge in [-0.25, -0.2) is 13.8 Å². The molecule has 0 aliphatic rings. The van der Waals surface area contributed by atoms with E-state index in [9.17, 15) is 8.78 Å². The zero-order chi connectivity index (χ0) is 15.1. The second-order valence-corrected chi connectivity index (χ2v) is 5.87. The molecule has 2 aromatic carbocycles. The molecule has 2 nitrogen and oxygen atoms in total. The van der Waals surface area contributed by atoms with Gasteiger partial charge in [0.1, 0.15) is 17.5 Å². The van der Waals surface area contributed by atoms with Crippen LogP contribution in [0, 0.1) is 18.6 Å². The van der Waals surface area contributed by atoms with Gasteiger partial charge in [0.2, 0.25) is 0 Å². The number of aromatic nitrogens is 2. The number of benzene rings is 2. The highest BCUT2D eigenvalue weighted by Crippen LogP contribution is 2.29. The molecular weight excluding hydrogens is 338 g/mol.